The van der Waals surface area contributed by atoms with Crippen molar-refractivity contribution >= 4 is 11.6 Å². The van der Waals surface area contributed by atoms with Crippen LogP contribution in [-0.4, -0.2) is 37.0 Å². The molecular weight excluding hydrogens is 224 g/mol. The Kier molecular flexibility index (Phi) is 4.02. The highest BCUT2D eigenvalue weighted by atomic mass is 16.2. The van der Waals surface area contributed by atoms with Crippen LogP contribution in [0.4, 0.5) is 5.69 Å². The molecule has 2 atom stereocenters. The fraction of sp³-hybridized carbons (Fsp3) is 0.533. The molecule has 0 N–H and O–H groups in total. The first kappa shape index (κ1) is 13.1. The Hall–Kier alpha value is -1.35. The molecule has 2 rings (SSSR count). The molecule has 3 heteroatoms. The zero-order chi connectivity index (χ0) is 13.1. The molecule has 1 fully saturated rings. The van der Waals surface area contributed by atoms with Crippen LogP contribution in [0.15, 0.2) is 30.3 Å². The number of anilines is 1. The molecule has 18 heavy (non-hydrogen) atoms. The lowest BCUT2D eigenvalue weighted by atomic mass is 10.1. The lowest BCUT2D eigenvalue weighted by Gasteiger charge is -2.35. The molecular formula is C15H22N2O. The van der Waals surface area contributed by atoms with E-state index in [2.05, 4.69) is 19.0 Å². The van der Waals surface area contributed by atoms with Crippen molar-refractivity contribution in [3.63, 3.8) is 0 Å². The summed E-state index contributed by atoms with van der Waals surface area (Å²) >= 11 is 0. The molecule has 1 amide bonds. The molecule has 0 spiro atoms. The zero-order valence-electron chi connectivity index (χ0n) is 11.5. The van der Waals surface area contributed by atoms with Crippen molar-refractivity contribution in [2.75, 3.05) is 19.0 Å². The van der Waals surface area contributed by atoms with Gasteiger partial charge in [0.15, 0.2) is 0 Å². The summed E-state index contributed by atoms with van der Waals surface area (Å²) in [5.74, 6) is 0.139. The number of hydrogen-bond donors (Lipinski definition) is 0. The molecule has 3 nitrogen and oxygen atoms in total. The number of benzene rings is 1. The third-order valence-corrected chi connectivity index (χ3v) is 3.81. The van der Waals surface area contributed by atoms with Crippen molar-refractivity contribution in [1.29, 1.82) is 0 Å². The molecule has 1 saturated carbocycles. The lowest BCUT2D eigenvalue weighted by Crippen LogP contribution is -2.48. The van der Waals surface area contributed by atoms with Gasteiger partial charge in [-0.2, -0.15) is 0 Å². The molecule has 98 valence electrons. The monoisotopic (exact) mass is 246 g/mol. The molecule has 0 unspecified atom stereocenters. The smallest absolute Gasteiger partial charge is 0.224 e. The van der Waals surface area contributed by atoms with E-state index in [1.807, 2.05) is 35.2 Å². The van der Waals surface area contributed by atoms with Gasteiger partial charge in [-0.05, 0) is 45.5 Å². The van der Waals surface area contributed by atoms with Crippen molar-refractivity contribution in [2.45, 2.75) is 38.3 Å². The van der Waals surface area contributed by atoms with Crippen molar-refractivity contribution in [1.82, 2.24) is 4.90 Å². The predicted octanol–water partition coefficient (Wildman–Crippen LogP) is 2.52. The van der Waals surface area contributed by atoms with Gasteiger partial charge in [0.05, 0.1) is 6.04 Å². The van der Waals surface area contributed by atoms with Crippen LogP contribution in [0.1, 0.15) is 26.2 Å². The van der Waals surface area contributed by atoms with E-state index in [4.69, 9.17) is 0 Å². The Bertz CT molecular complexity index is 402. The molecule has 0 aliphatic heterocycles. The van der Waals surface area contributed by atoms with Gasteiger partial charge in [0, 0.05) is 18.7 Å². The zero-order valence-corrected chi connectivity index (χ0v) is 11.5. The third-order valence-electron chi connectivity index (χ3n) is 3.81. The van der Waals surface area contributed by atoms with Gasteiger partial charge in [0.2, 0.25) is 5.91 Å². The maximum absolute atomic E-state index is 12.0. The van der Waals surface area contributed by atoms with E-state index in [1.165, 1.54) is 12.8 Å². The van der Waals surface area contributed by atoms with Gasteiger partial charge >= 0.3 is 0 Å². The number of para-hydroxylation sites is 1. The summed E-state index contributed by atoms with van der Waals surface area (Å²) in [7, 11) is 4.21. The van der Waals surface area contributed by atoms with Crippen molar-refractivity contribution in [3.8, 4) is 0 Å². The number of rotatable bonds is 3. The number of carbonyl (C=O) groups excluding carboxylic acids is 1. The normalized spacial score (nSPS) is 23.3. The molecule has 1 aliphatic carbocycles. The van der Waals surface area contributed by atoms with E-state index in [-0.39, 0.29) is 5.91 Å². The summed E-state index contributed by atoms with van der Waals surface area (Å²) in [6.45, 7) is 1.66. The first-order chi connectivity index (χ1) is 8.61. The van der Waals surface area contributed by atoms with Gasteiger partial charge in [-0.3, -0.25) is 4.79 Å². The van der Waals surface area contributed by atoms with Crippen molar-refractivity contribution in [3.05, 3.63) is 30.3 Å². The maximum Gasteiger partial charge on any atom is 0.224 e. The minimum Gasteiger partial charge on any atom is -0.308 e. The average molecular weight is 246 g/mol. The van der Waals surface area contributed by atoms with Crippen molar-refractivity contribution < 1.29 is 4.79 Å². The van der Waals surface area contributed by atoms with Gasteiger partial charge in [-0.1, -0.05) is 18.2 Å². The van der Waals surface area contributed by atoms with Gasteiger partial charge in [0.25, 0.3) is 0 Å². The molecule has 0 radical (unpaired) electrons. The Morgan fingerprint density at radius 2 is 1.72 bits per heavy atom. The fourth-order valence-electron chi connectivity index (χ4n) is 3.02. The fourth-order valence-corrected chi connectivity index (χ4v) is 3.02. The highest BCUT2D eigenvalue weighted by Crippen LogP contribution is 2.30. The summed E-state index contributed by atoms with van der Waals surface area (Å²) in [4.78, 5) is 16.2. The average Bonchev–Trinajstić information content (AvgIpc) is 2.79. The second-order valence-electron chi connectivity index (χ2n) is 5.25. The van der Waals surface area contributed by atoms with Crippen LogP contribution in [0.5, 0.6) is 0 Å². The molecule has 0 heterocycles. The van der Waals surface area contributed by atoms with Crippen LogP contribution in [0.25, 0.3) is 0 Å². The Labute approximate surface area is 109 Å². The van der Waals surface area contributed by atoms with E-state index in [0.29, 0.717) is 12.1 Å². The number of amides is 1. The SMILES string of the molecule is CC(=O)N(c1ccccc1)[C@H]1CCC[C@@H]1N(C)C. The highest BCUT2D eigenvalue weighted by molar-refractivity contribution is 5.92. The third kappa shape index (κ3) is 2.56. The summed E-state index contributed by atoms with van der Waals surface area (Å²) in [5.41, 5.74) is 1.02. The van der Waals surface area contributed by atoms with Gasteiger partial charge in [-0.15, -0.1) is 0 Å². The largest absolute Gasteiger partial charge is 0.308 e. The number of nitrogens with zero attached hydrogens (tertiary/aromatic N) is 2. The minimum atomic E-state index is 0.139. The van der Waals surface area contributed by atoms with E-state index in [9.17, 15) is 4.79 Å². The number of hydrogen-bond acceptors (Lipinski definition) is 2. The molecule has 1 aromatic rings. The Morgan fingerprint density at radius 1 is 1.11 bits per heavy atom. The van der Waals surface area contributed by atoms with Crippen LogP contribution in [0.3, 0.4) is 0 Å². The summed E-state index contributed by atoms with van der Waals surface area (Å²) in [6.07, 6.45) is 3.47. The van der Waals surface area contributed by atoms with E-state index >= 15 is 0 Å². The molecule has 0 saturated heterocycles. The first-order valence-corrected chi connectivity index (χ1v) is 6.62. The second kappa shape index (κ2) is 5.53. The molecule has 0 aromatic heterocycles. The first-order valence-electron chi connectivity index (χ1n) is 6.62. The predicted molar refractivity (Wildman–Crippen MR) is 74.7 cm³/mol. The van der Waals surface area contributed by atoms with Crippen LogP contribution in [0, 0.1) is 0 Å². The summed E-state index contributed by atoms with van der Waals surface area (Å²) in [5, 5.41) is 0. The summed E-state index contributed by atoms with van der Waals surface area (Å²) in [6, 6.07) is 10.8. The van der Waals surface area contributed by atoms with Gasteiger partial charge in [-0.25, -0.2) is 0 Å². The number of carbonyl (C=O) groups is 1. The Balaban J connectivity index is 2.28. The van der Waals surface area contributed by atoms with Crippen LogP contribution >= 0.6 is 0 Å². The Morgan fingerprint density at radius 3 is 2.28 bits per heavy atom. The minimum absolute atomic E-state index is 0.139. The standard InChI is InChI=1S/C15H22N2O/c1-12(18)17(13-8-5-4-6-9-13)15-11-7-10-14(15)16(2)3/h4-6,8-9,14-15H,7,10-11H2,1-3H3/t14-,15-/m0/s1. The van der Waals surface area contributed by atoms with Crippen LogP contribution in [-0.2, 0) is 4.79 Å². The highest BCUT2D eigenvalue weighted by Gasteiger charge is 2.35. The molecule has 1 aromatic carbocycles. The lowest BCUT2D eigenvalue weighted by molar-refractivity contribution is -0.117. The van der Waals surface area contributed by atoms with Gasteiger partial charge in [0.1, 0.15) is 0 Å². The quantitative estimate of drug-likeness (QED) is 0.818. The second-order valence-corrected chi connectivity index (χ2v) is 5.25. The molecule has 0 bridgehead atoms. The van der Waals surface area contributed by atoms with Gasteiger partial charge < -0.3 is 9.80 Å². The number of likely N-dealkylation sites (N-methyl/N-ethyl adjacent to an activating group) is 1. The van der Waals surface area contributed by atoms with E-state index in [0.717, 1.165) is 12.1 Å². The van der Waals surface area contributed by atoms with E-state index in [1.54, 1.807) is 6.92 Å². The van der Waals surface area contributed by atoms with Crippen molar-refractivity contribution in [2.24, 2.45) is 0 Å². The van der Waals surface area contributed by atoms with Crippen LogP contribution < -0.4 is 4.90 Å². The topological polar surface area (TPSA) is 23.6 Å². The van der Waals surface area contributed by atoms with Crippen LogP contribution in [0.2, 0.25) is 0 Å². The summed E-state index contributed by atoms with van der Waals surface area (Å²) < 4.78 is 0. The maximum atomic E-state index is 12.0. The van der Waals surface area contributed by atoms with E-state index < -0.39 is 0 Å². The molecule has 1 aliphatic rings.